The molecule has 5 rings (SSSR count). The predicted molar refractivity (Wildman–Crippen MR) is 150 cm³/mol. The average molecular weight is 534 g/mol. The van der Waals surface area contributed by atoms with Gasteiger partial charge in [0.1, 0.15) is 5.82 Å². The van der Waals surface area contributed by atoms with Gasteiger partial charge < -0.3 is 9.80 Å². The van der Waals surface area contributed by atoms with E-state index in [1.807, 2.05) is 47.1 Å². The summed E-state index contributed by atoms with van der Waals surface area (Å²) in [6, 6.07) is 16.5. The standard InChI is InChI=1S/C31H36FN3O2S/c1-21-19-33(15-16-35(21)30(37)22-8-10-24(11-9-22)31(2,3)4)28(36)20-34-14-12-27-26(13-17-38-27)29(34)23-6-5-7-25(32)18-23/h5-11,13,17-18,21,29H,12,14-16,19-20H2,1-4H3. The van der Waals surface area contributed by atoms with Crippen molar-refractivity contribution in [2.24, 2.45) is 0 Å². The third-order valence-electron chi connectivity index (χ3n) is 7.81. The molecule has 7 heteroatoms. The van der Waals surface area contributed by atoms with Crippen LogP contribution in [0.2, 0.25) is 0 Å². The molecule has 0 saturated carbocycles. The number of benzene rings is 2. The highest BCUT2D eigenvalue weighted by molar-refractivity contribution is 7.10. The number of hydrogen-bond donors (Lipinski definition) is 0. The molecule has 2 aliphatic heterocycles. The highest BCUT2D eigenvalue weighted by Gasteiger charge is 2.35. The molecule has 2 aliphatic rings. The van der Waals surface area contributed by atoms with Crippen molar-refractivity contribution in [1.29, 1.82) is 0 Å². The number of thiophene rings is 1. The van der Waals surface area contributed by atoms with E-state index >= 15 is 0 Å². The number of carbonyl (C=O) groups excluding carboxylic acids is 2. The van der Waals surface area contributed by atoms with E-state index in [9.17, 15) is 14.0 Å². The molecule has 38 heavy (non-hydrogen) atoms. The molecule has 2 aromatic carbocycles. The van der Waals surface area contributed by atoms with Crippen LogP contribution < -0.4 is 0 Å². The number of nitrogens with zero attached hydrogens (tertiary/aromatic N) is 3. The zero-order chi connectivity index (χ0) is 27.0. The summed E-state index contributed by atoms with van der Waals surface area (Å²) in [5, 5.41) is 2.08. The molecule has 0 aliphatic carbocycles. The Kier molecular flexibility index (Phi) is 7.43. The van der Waals surface area contributed by atoms with Crippen LogP contribution in [0.3, 0.4) is 0 Å². The van der Waals surface area contributed by atoms with Gasteiger partial charge in [0.15, 0.2) is 0 Å². The fourth-order valence-corrected chi connectivity index (χ4v) is 6.55. The summed E-state index contributed by atoms with van der Waals surface area (Å²) >= 11 is 1.73. The first-order valence-electron chi connectivity index (χ1n) is 13.4. The van der Waals surface area contributed by atoms with E-state index in [-0.39, 0.29) is 41.7 Å². The van der Waals surface area contributed by atoms with E-state index in [2.05, 4.69) is 37.1 Å². The first-order chi connectivity index (χ1) is 18.1. The summed E-state index contributed by atoms with van der Waals surface area (Å²) in [6.07, 6.45) is 0.888. The predicted octanol–water partition coefficient (Wildman–Crippen LogP) is 5.51. The number of carbonyl (C=O) groups is 2. The van der Waals surface area contributed by atoms with Crippen molar-refractivity contribution in [3.05, 3.63) is 92.9 Å². The van der Waals surface area contributed by atoms with Crippen LogP contribution in [-0.4, -0.2) is 65.3 Å². The van der Waals surface area contributed by atoms with Gasteiger partial charge in [-0.05, 0) is 71.2 Å². The van der Waals surface area contributed by atoms with Crippen molar-refractivity contribution in [3.8, 4) is 0 Å². The van der Waals surface area contributed by atoms with E-state index in [0.29, 0.717) is 25.2 Å². The molecule has 2 unspecified atom stereocenters. The minimum atomic E-state index is -0.265. The number of rotatable bonds is 4. The van der Waals surface area contributed by atoms with Gasteiger partial charge in [-0.2, -0.15) is 0 Å². The molecule has 200 valence electrons. The molecule has 0 bridgehead atoms. The maximum Gasteiger partial charge on any atom is 0.254 e. The number of amides is 2. The second kappa shape index (κ2) is 10.6. The lowest BCUT2D eigenvalue weighted by atomic mass is 9.86. The van der Waals surface area contributed by atoms with Crippen molar-refractivity contribution >= 4 is 23.2 Å². The SMILES string of the molecule is CC1CN(C(=O)CN2CCc3sccc3C2c2cccc(F)c2)CCN1C(=O)c1ccc(C(C)(C)C)cc1. The van der Waals surface area contributed by atoms with Gasteiger partial charge >= 0.3 is 0 Å². The molecule has 0 radical (unpaired) electrons. The minimum Gasteiger partial charge on any atom is -0.338 e. The summed E-state index contributed by atoms with van der Waals surface area (Å²) in [5.74, 6) is -0.199. The number of hydrogen-bond acceptors (Lipinski definition) is 4. The van der Waals surface area contributed by atoms with E-state index in [1.54, 1.807) is 23.5 Å². The van der Waals surface area contributed by atoms with Crippen LogP contribution in [0.4, 0.5) is 4.39 Å². The lowest BCUT2D eigenvalue weighted by Crippen LogP contribution is -2.57. The number of piperazine rings is 1. The Morgan fingerprint density at radius 2 is 1.79 bits per heavy atom. The van der Waals surface area contributed by atoms with Gasteiger partial charge in [-0.25, -0.2) is 4.39 Å². The third kappa shape index (κ3) is 5.40. The molecular weight excluding hydrogens is 497 g/mol. The zero-order valence-electron chi connectivity index (χ0n) is 22.6. The van der Waals surface area contributed by atoms with Crippen LogP contribution in [0.5, 0.6) is 0 Å². The summed E-state index contributed by atoms with van der Waals surface area (Å²) in [4.78, 5) is 34.0. The molecule has 3 aromatic rings. The minimum absolute atomic E-state index is 0.0113. The average Bonchev–Trinajstić information content (AvgIpc) is 3.36. The van der Waals surface area contributed by atoms with Crippen LogP contribution >= 0.6 is 11.3 Å². The molecule has 0 spiro atoms. The van der Waals surface area contributed by atoms with Crippen LogP contribution in [0.15, 0.2) is 60.0 Å². The van der Waals surface area contributed by atoms with Crippen LogP contribution in [-0.2, 0) is 16.6 Å². The van der Waals surface area contributed by atoms with E-state index in [0.717, 1.165) is 18.5 Å². The number of fused-ring (bicyclic) bond motifs is 1. The topological polar surface area (TPSA) is 43.9 Å². The molecule has 2 atom stereocenters. The molecule has 3 heterocycles. The van der Waals surface area contributed by atoms with Gasteiger partial charge in [0.05, 0.1) is 12.6 Å². The van der Waals surface area contributed by atoms with Gasteiger partial charge in [-0.15, -0.1) is 11.3 Å². The van der Waals surface area contributed by atoms with Crippen molar-refractivity contribution < 1.29 is 14.0 Å². The van der Waals surface area contributed by atoms with Gasteiger partial charge in [0.25, 0.3) is 5.91 Å². The quantitative estimate of drug-likeness (QED) is 0.445. The van der Waals surface area contributed by atoms with E-state index < -0.39 is 0 Å². The zero-order valence-corrected chi connectivity index (χ0v) is 23.4. The van der Waals surface area contributed by atoms with Crippen LogP contribution in [0, 0.1) is 5.82 Å². The van der Waals surface area contributed by atoms with Crippen molar-refractivity contribution in [3.63, 3.8) is 0 Å². The Hall–Kier alpha value is -3.03. The molecule has 1 saturated heterocycles. The highest BCUT2D eigenvalue weighted by Crippen LogP contribution is 2.38. The summed E-state index contributed by atoms with van der Waals surface area (Å²) in [6.45, 7) is 11.0. The van der Waals surface area contributed by atoms with Crippen molar-refractivity contribution in [1.82, 2.24) is 14.7 Å². The number of halogens is 1. The Bertz CT molecular complexity index is 1310. The first kappa shape index (κ1) is 26.6. The molecular formula is C31H36FN3O2S. The second-order valence-corrected chi connectivity index (χ2v) is 12.5. The molecule has 1 fully saturated rings. The normalized spacial score (nSPS) is 20.3. The first-order valence-corrected chi connectivity index (χ1v) is 14.2. The Labute approximate surface area is 228 Å². The fourth-order valence-electron chi connectivity index (χ4n) is 5.64. The van der Waals surface area contributed by atoms with Crippen LogP contribution in [0.1, 0.15) is 65.7 Å². The van der Waals surface area contributed by atoms with Gasteiger partial charge in [0, 0.05) is 42.7 Å². The van der Waals surface area contributed by atoms with E-state index in [1.165, 1.54) is 22.1 Å². The molecule has 5 nitrogen and oxygen atoms in total. The fraction of sp³-hybridized carbons (Fsp3) is 0.419. The molecule has 1 aromatic heterocycles. The Balaban J connectivity index is 1.25. The maximum atomic E-state index is 14.1. The monoisotopic (exact) mass is 533 g/mol. The maximum absolute atomic E-state index is 14.1. The lowest BCUT2D eigenvalue weighted by molar-refractivity contribution is -0.135. The highest BCUT2D eigenvalue weighted by atomic mass is 32.1. The van der Waals surface area contributed by atoms with Gasteiger partial charge in [0.2, 0.25) is 5.91 Å². The second-order valence-electron chi connectivity index (χ2n) is 11.5. The largest absolute Gasteiger partial charge is 0.338 e. The van der Waals surface area contributed by atoms with Crippen molar-refractivity contribution in [2.45, 2.75) is 51.6 Å². The smallest absolute Gasteiger partial charge is 0.254 e. The molecule has 0 N–H and O–H groups in total. The lowest BCUT2D eigenvalue weighted by Gasteiger charge is -2.42. The summed E-state index contributed by atoms with van der Waals surface area (Å²) < 4.78 is 14.1. The Morgan fingerprint density at radius 1 is 1.03 bits per heavy atom. The summed E-state index contributed by atoms with van der Waals surface area (Å²) in [7, 11) is 0. The van der Waals surface area contributed by atoms with Gasteiger partial charge in [-0.1, -0.05) is 45.0 Å². The van der Waals surface area contributed by atoms with Crippen LogP contribution in [0.25, 0.3) is 0 Å². The Morgan fingerprint density at radius 3 is 2.47 bits per heavy atom. The van der Waals surface area contributed by atoms with Crippen molar-refractivity contribution in [2.75, 3.05) is 32.7 Å². The van der Waals surface area contributed by atoms with Gasteiger partial charge in [-0.3, -0.25) is 14.5 Å². The van der Waals surface area contributed by atoms with E-state index in [4.69, 9.17) is 0 Å². The molecule has 2 amide bonds. The summed E-state index contributed by atoms with van der Waals surface area (Å²) in [5.41, 5.74) is 3.96. The third-order valence-corrected chi connectivity index (χ3v) is 8.80.